The molecule has 23 heavy (non-hydrogen) atoms. The van der Waals surface area contributed by atoms with Gasteiger partial charge >= 0.3 is 18.2 Å². The summed E-state index contributed by atoms with van der Waals surface area (Å²) in [5.41, 5.74) is 4.00. The van der Waals surface area contributed by atoms with Crippen molar-refractivity contribution < 1.29 is 32.3 Å². The van der Waals surface area contributed by atoms with Gasteiger partial charge in [-0.2, -0.15) is 13.2 Å². The van der Waals surface area contributed by atoms with Gasteiger partial charge in [0.25, 0.3) is 5.91 Å². The number of ether oxygens (including phenoxy) is 1. The first-order chi connectivity index (χ1) is 10.6. The van der Waals surface area contributed by atoms with Gasteiger partial charge in [-0.25, -0.2) is 9.59 Å². The lowest BCUT2D eigenvalue weighted by Gasteiger charge is -2.10. The topological polar surface area (TPSA) is 98.5 Å². The SMILES string of the molecule is CC(OC(=O)/C=C/c1cccc(C(F)(F)F)c1)C(=O)NC(N)=O. The Labute approximate surface area is 129 Å². The van der Waals surface area contributed by atoms with E-state index in [1.807, 2.05) is 0 Å². The maximum atomic E-state index is 12.5. The molecule has 6 nitrogen and oxygen atoms in total. The van der Waals surface area contributed by atoms with Crippen LogP contribution in [0, 0.1) is 0 Å². The van der Waals surface area contributed by atoms with Crippen molar-refractivity contribution in [1.82, 2.24) is 5.32 Å². The number of rotatable bonds is 4. The predicted molar refractivity (Wildman–Crippen MR) is 73.8 cm³/mol. The highest BCUT2D eigenvalue weighted by Gasteiger charge is 2.30. The van der Waals surface area contributed by atoms with Gasteiger partial charge in [-0.3, -0.25) is 10.1 Å². The highest BCUT2D eigenvalue weighted by atomic mass is 19.4. The van der Waals surface area contributed by atoms with Crippen LogP contribution < -0.4 is 11.1 Å². The molecular weight excluding hydrogens is 317 g/mol. The molecule has 9 heteroatoms. The second kappa shape index (κ2) is 7.43. The molecule has 124 valence electrons. The molecule has 0 fully saturated rings. The number of imide groups is 1. The first kappa shape index (κ1) is 18.2. The van der Waals surface area contributed by atoms with E-state index in [1.165, 1.54) is 19.1 Å². The standard InChI is InChI=1S/C14H13F3N2O4/c1-8(12(21)19-13(18)22)23-11(20)6-5-9-3-2-4-10(7-9)14(15,16)17/h2-8H,1H3,(H3,18,19,21,22)/b6-5+. The molecule has 0 aliphatic rings. The van der Waals surface area contributed by atoms with Crippen molar-refractivity contribution in [1.29, 1.82) is 0 Å². The Balaban J connectivity index is 2.69. The normalized spacial score (nSPS) is 12.7. The maximum Gasteiger partial charge on any atom is 0.416 e. The van der Waals surface area contributed by atoms with Crippen LogP contribution in [0.5, 0.6) is 0 Å². The van der Waals surface area contributed by atoms with Crippen LogP contribution in [0.1, 0.15) is 18.1 Å². The number of halogens is 3. The molecule has 1 aromatic rings. The molecule has 0 radical (unpaired) electrons. The van der Waals surface area contributed by atoms with E-state index in [4.69, 9.17) is 5.73 Å². The molecule has 1 aromatic carbocycles. The fraction of sp³-hybridized carbons (Fsp3) is 0.214. The zero-order valence-corrected chi connectivity index (χ0v) is 11.9. The average Bonchev–Trinajstić information content (AvgIpc) is 2.43. The van der Waals surface area contributed by atoms with Crippen LogP contribution in [0.15, 0.2) is 30.3 Å². The Kier molecular flexibility index (Phi) is 5.88. The van der Waals surface area contributed by atoms with Gasteiger partial charge in [0.15, 0.2) is 6.10 Å². The van der Waals surface area contributed by atoms with E-state index in [9.17, 15) is 27.6 Å². The minimum absolute atomic E-state index is 0.131. The Bertz CT molecular complexity index is 641. The Morgan fingerprint density at radius 1 is 1.30 bits per heavy atom. The van der Waals surface area contributed by atoms with Gasteiger partial charge in [0.2, 0.25) is 0 Å². The third-order valence-corrected chi connectivity index (χ3v) is 2.53. The van der Waals surface area contributed by atoms with E-state index in [1.54, 1.807) is 5.32 Å². The second-order valence-corrected chi connectivity index (χ2v) is 4.39. The number of nitrogens with two attached hydrogens (primary N) is 1. The molecule has 0 aliphatic heterocycles. The lowest BCUT2D eigenvalue weighted by atomic mass is 10.1. The van der Waals surface area contributed by atoms with Gasteiger partial charge in [0.1, 0.15) is 0 Å². The second-order valence-electron chi connectivity index (χ2n) is 4.39. The summed E-state index contributed by atoms with van der Waals surface area (Å²) in [4.78, 5) is 33.2. The summed E-state index contributed by atoms with van der Waals surface area (Å²) in [5.74, 6) is -1.88. The molecule has 0 heterocycles. The molecule has 1 atom stereocenters. The summed E-state index contributed by atoms with van der Waals surface area (Å²) >= 11 is 0. The van der Waals surface area contributed by atoms with Crippen LogP contribution in [0.4, 0.5) is 18.0 Å². The predicted octanol–water partition coefficient (Wildman–Crippen LogP) is 1.85. The summed E-state index contributed by atoms with van der Waals surface area (Å²) < 4.78 is 42.3. The number of carbonyl (C=O) groups is 3. The third-order valence-electron chi connectivity index (χ3n) is 2.53. The number of alkyl halides is 3. The summed E-state index contributed by atoms with van der Waals surface area (Å²) in [6.45, 7) is 1.20. The minimum Gasteiger partial charge on any atom is -0.449 e. The van der Waals surface area contributed by atoms with E-state index in [0.29, 0.717) is 0 Å². The maximum absolute atomic E-state index is 12.5. The Morgan fingerprint density at radius 3 is 2.52 bits per heavy atom. The number of primary amides is 1. The molecule has 0 aliphatic carbocycles. The van der Waals surface area contributed by atoms with Gasteiger partial charge in [-0.1, -0.05) is 12.1 Å². The zero-order chi connectivity index (χ0) is 17.6. The van der Waals surface area contributed by atoms with E-state index in [-0.39, 0.29) is 5.56 Å². The molecule has 1 unspecified atom stereocenters. The van der Waals surface area contributed by atoms with Crippen LogP contribution in [0.2, 0.25) is 0 Å². The fourth-order valence-corrected chi connectivity index (χ4v) is 1.47. The van der Waals surface area contributed by atoms with Crippen molar-refractivity contribution in [3.8, 4) is 0 Å². The van der Waals surface area contributed by atoms with Crippen molar-refractivity contribution in [3.05, 3.63) is 41.5 Å². The van der Waals surface area contributed by atoms with Gasteiger partial charge in [-0.15, -0.1) is 0 Å². The number of urea groups is 1. The number of hydrogen-bond donors (Lipinski definition) is 2. The zero-order valence-electron chi connectivity index (χ0n) is 11.9. The number of esters is 1. The highest BCUT2D eigenvalue weighted by Crippen LogP contribution is 2.29. The first-order valence-electron chi connectivity index (χ1n) is 6.26. The number of carbonyl (C=O) groups excluding carboxylic acids is 3. The highest BCUT2D eigenvalue weighted by molar-refractivity contribution is 5.97. The van der Waals surface area contributed by atoms with Crippen LogP contribution >= 0.6 is 0 Å². The van der Waals surface area contributed by atoms with E-state index >= 15 is 0 Å². The number of amides is 3. The summed E-state index contributed by atoms with van der Waals surface area (Å²) in [5, 5.41) is 1.72. The van der Waals surface area contributed by atoms with Crippen molar-refractivity contribution in [3.63, 3.8) is 0 Å². The number of benzene rings is 1. The molecular formula is C14H13F3N2O4. The van der Waals surface area contributed by atoms with Crippen molar-refractivity contribution in [2.75, 3.05) is 0 Å². The molecule has 0 saturated carbocycles. The lowest BCUT2D eigenvalue weighted by Crippen LogP contribution is -2.42. The van der Waals surface area contributed by atoms with Crippen LogP contribution in [0.25, 0.3) is 6.08 Å². The fourth-order valence-electron chi connectivity index (χ4n) is 1.47. The van der Waals surface area contributed by atoms with Gasteiger partial charge < -0.3 is 10.5 Å². The quantitative estimate of drug-likeness (QED) is 0.650. The van der Waals surface area contributed by atoms with E-state index in [2.05, 4.69) is 4.74 Å². The average molecular weight is 330 g/mol. The van der Waals surface area contributed by atoms with Crippen molar-refractivity contribution in [2.45, 2.75) is 19.2 Å². The lowest BCUT2D eigenvalue weighted by molar-refractivity contribution is -0.149. The van der Waals surface area contributed by atoms with Crippen LogP contribution in [-0.2, 0) is 20.5 Å². The smallest absolute Gasteiger partial charge is 0.416 e. The van der Waals surface area contributed by atoms with Gasteiger partial charge in [-0.05, 0) is 30.7 Å². The first-order valence-corrected chi connectivity index (χ1v) is 6.26. The van der Waals surface area contributed by atoms with Crippen molar-refractivity contribution in [2.24, 2.45) is 5.73 Å². The molecule has 3 amide bonds. The van der Waals surface area contributed by atoms with E-state index < -0.39 is 35.8 Å². The monoisotopic (exact) mass is 330 g/mol. The Hall–Kier alpha value is -2.84. The van der Waals surface area contributed by atoms with E-state index in [0.717, 1.165) is 24.3 Å². The molecule has 0 aromatic heterocycles. The third kappa shape index (κ3) is 6.20. The largest absolute Gasteiger partial charge is 0.449 e. The van der Waals surface area contributed by atoms with Crippen LogP contribution in [0.3, 0.4) is 0 Å². The molecule has 3 N–H and O–H groups in total. The molecule has 1 rings (SSSR count). The summed E-state index contributed by atoms with van der Waals surface area (Å²) in [6.07, 6.45) is -3.81. The summed E-state index contributed by atoms with van der Waals surface area (Å²) in [6, 6.07) is 3.20. The molecule has 0 saturated heterocycles. The van der Waals surface area contributed by atoms with Gasteiger partial charge in [0, 0.05) is 6.08 Å². The van der Waals surface area contributed by atoms with Crippen molar-refractivity contribution >= 4 is 24.0 Å². The number of hydrogen-bond acceptors (Lipinski definition) is 4. The molecule has 0 bridgehead atoms. The van der Waals surface area contributed by atoms with Gasteiger partial charge in [0.05, 0.1) is 5.56 Å². The number of nitrogens with one attached hydrogen (secondary N) is 1. The summed E-state index contributed by atoms with van der Waals surface area (Å²) in [7, 11) is 0. The minimum atomic E-state index is -4.49. The van der Waals surface area contributed by atoms with Crippen LogP contribution in [-0.4, -0.2) is 24.0 Å². The molecule has 0 spiro atoms. The Morgan fingerprint density at radius 2 is 1.96 bits per heavy atom.